The number of rotatable bonds is 4. The predicted molar refractivity (Wildman–Crippen MR) is 122 cm³/mol. The van der Waals surface area contributed by atoms with E-state index >= 15 is 0 Å². The van der Waals surface area contributed by atoms with Crippen LogP contribution in [0.1, 0.15) is 25.5 Å². The van der Waals surface area contributed by atoms with Crippen molar-refractivity contribution < 1.29 is 9.18 Å². The maximum Gasteiger partial charge on any atom is 0.280 e. The molecular weight excluding hydrogens is 423 g/mol. The number of hydrogen-bond acceptors (Lipinski definition) is 4. The van der Waals surface area contributed by atoms with Crippen LogP contribution in [0.25, 0.3) is 22.4 Å². The molecule has 0 spiro atoms. The smallest absolute Gasteiger partial charge is 0.280 e. The van der Waals surface area contributed by atoms with Gasteiger partial charge in [-0.25, -0.2) is 13.8 Å². The number of amides is 1. The Morgan fingerprint density at radius 2 is 1.76 bits per heavy atom. The van der Waals surface area contributed by atoms with Crippen LogP contribution in [-0.4, -0.2) is 48.0 Å². The average molecular weight is 449 g/mol. The van der Waals surface area contributed by atoms with Crippen molar-refractivity contribution in [3.05, 3.63) is 70.7 Å². The molecule has 3 aromatic heterocycles. The number of benzene rings is 1. The number of halogens is 1. The molecule has 0 saturated carbocycles. The summed E-state index contributed by atoms with van der Waals surface area (Å²) in [5, 5.41) is 9.42. The Morgan fingerprint density at radius 1 is 1.09 bits per heavy atom. The minimum absolute atomic E-state index is 0.108. The molecule has 1 aliphatic rings. The summed E-state index contributed by atoms with van der Waals surface area (Å²) in [7, 11) is 0. The lowest BCUT2D eigenvalue weighted by atomic mass is 9.99. The van der Waals surface area contributed by atoms with E-state index in [0.29, 0.717) is 47.1 Å². The third-order valence-electron chi connectivity index (χ3n) is 6.26. The van der Waals surface area contributed by atoms with Crippen LogP contribution >= 0.6 is 0 Å². The van der Waals surface area contributed by atoms with Crippen molar-refractivity contribution in [2.45, 2.75) is 33.2 Å². The number of aromatic nitrogens is 5. The zero-order chi connectivity index (χ0) is 23.1. The SMILES string of the molecule is Cc1nn(CC(=O)N2CCC(C)CC2)c(=O)c2c(-n3cccc3)n(-c3ccc(F)cc3)nc12. The number of piperidine rings is 1. The second-order valence-corrected chi connectivity index (χ2v) is 8.64. The molecule has 4 aromatic rings. The van der Waals surface area contributed by atoms with Crippen LogP contribution in [0.3, 0.4) is 0 Å². The molecule has 5 rings (SSSR count). The summed E-state index contributed by atoms with van der Waals surface area (Å²) in [6, 6.07) is 9.61. The fraction of sp³-hybridized carbons (Fsp3) is 0.333. The monoisotopic (exact) mass is 448 g/mol. The summed E-state index contributed by atoms with van der Waals surface area (Å²) in [4.78, 5) is 28.3. The van der Waals surface area contributed by atoms with Crippen LogP contribution in [0.15, 0.2) is 53.6 Å². The van der Waals surface area contributed by atoms with Gasteiger partial charge in [0.2, 0.25) is 5.91 Å². The number of aryl methyl sites for hydroxylation is 1. The average Bonchev–Trinajstić information content (AvgIpc) is 3.46. The van der Waals surface area contributed by atoms with Crippen molar-refractivity contribution in [3.63, 3.8) is 0 Å². The van der Waals surface area contributed by atoms with E-state index in [0.717, 1.165) is 12.8 Å². The van der Waals surface area contributed by atoms with Crippen LogP contribution in [0, 0.1) is 18.7 Å². The lowest BCUT2D eigenvalue weighted by Crippen LogP contribution is -2.41. The fourth-order valence-electron chi connectivity index (χ4n) is 4.33. The van der Waals surface area contributed by atoms with Crippen LogP contribution < -0.4 is 5.56 Å². The Hall–Kier alpha value is -3.75. The van der Waals surface area contributed by atoms with Crippen molar-refractivity contribution in [1.29, 1.82) is 0 Å². The number of carbonyl (C=O) groups excluding carboxylic acids is 1. The standard InChI is InChI=1S/C24H25FN6O2/c1-16-9-13-28(14-10-16)20(32)15-30-24(33)21-22(17(2)26-30)27-31(19-7-5-18(25)6-8-19)23(21)29-11-3-4-12-29/h3-8,11-12,16H,9-10,13-15H2,1-2H3. The normalized spacial score (nSPS) is 14.8. The first-order valence-corrected chi connectivity index (χ1v) is 11.1. The Morgan fingerprint density at radius 3 is 2.42 bits per heavy atom. The Kier molecular flexibility index (Phi) is 5.32. The highest BCUT2D eigenvalue weighted by atomic mass is 19.1. The van der Waals surface area contributed by atoms with Gasteiger partial charge in [0.15, 0.2) is 5.82 Å². The summed E-state index contributed by atoms with van der Waals surface area (Å²) in [5.74, 6) is 0.660. The molecule has 1 saturated heterocycles. The van der Waals surface area contributed by atoms with E-state index < -0.39 is 0 Å². The quantitative estimate of drug-likeness (QED) is 0.481. The molecule has 0 radical (unpaired) electrons. The van der Waals surface area contributed by atoms with Gasteiger partial charge in [-0.15, -0.1) is 0 Å². The van der Waals surface area contributed by atoms with Gasteiger partial charge in [-0.2, -0.15) is 10.2 Å². The zero-order valence-electron chi connectivity index (χ0n) is 18.6. The summed E-state index contributed by atoms with van der Waals surface area (Å²) < 4.78 is 18.2. The molecule has 0 aliphatic carbocycles. The second-order valence-electron chi connectivity index (χ2n) is 8.64. The van der Waals surface area contributed by atoms with Gasteiger partial charge in [0.1, 0.15) is 23.3 Å². The number of nitrogens with zero attached hydrogens (tertiary/aromatic N) is 6. The van der Waals surface area contributed by atoms with Crippen molar-refractivity contribution in [3.8, 4) is 11.5 Å². The maximum absolute atomic E-state index is 13.6. The molecule has 0 N–H and O–H groups in total. The molecule has 170 valence electrons. The van der Waals surface area contributed by atoms with Gasteiger partial charge in [-0.1, -0.05) is 6.92 Å². The Labute approximate surface area is 189 Å². The van der Waals surface area contributed by atoms with Gasteiger partial charge in [0, 0.05) is 25.5 Å². The summed E-state index contributed by atoms with van der Waals surface area (Å²) in [6.45, 7) is 5.25. The molecule has 4 heterocycles. The number of likely N-dealkylation sites (tertiary alicyclic amines) is 1. The topological polar surface area (TPSA) is 78.0 Å². The molecule has 8 nitrogen and oxygen atoms in total. The minimum Gasteiger partial charge on any atom is -0.341 e. The third-order valence-corrected chi connectivity index (χ3v) is 6.26. The molecule has 0 unspecified atom stereocenters. The van der Waals surface area contributed by atoms with Crippen LogP contribution in [0.4, 0.5) is 4.39 Å². The highest BCUT2D eigenvalue weighted by Gasteiger charge is 2.25. The Balaban J connectivity index is 1.63. The van der Waals surface area contributed by atoms with Gasteiger partial charge in [-0.05, 0) is 62.1 Å². The van der Waals surface area contributed by atoms with E-state index in [9.17, 15) is 14.0 Å². The van der Waals surface area contributed by atoms with Gasteiger partial charge < -0.3 is 9.47 Å². The Bertz CT molecular complexity index is 1360. The van der Waals surface area contributed by atoms with E-state index in [-0.39, 0.29) is 23.8 Å². The first-order valence-electron chi connectivity index (χ1n) is 11.1. The molecule has 33 heavy (non-hydrogen) atoms. The van der Waals surface area contributed by atoms with E-state index in [1.165, 1.54) is 16.8 Å². The second kappa shape index (κ2) is 8.31. The van der Waals surface area contributed by atoms with Crippen LogP contribution in [-0.2, 0) is 11.3 Å². The molecular formula is C24H25FN6O2. The lowest BCUT2D eigenvalue weighted by molar-refractivity contribution is -0.133. The number of fused-ring (bicyclic) bond motifs is 1. The third kappa shape index (κ3) is 3.83. The van der Waals surface area contributed by atoms with Gasteiger partial charge >= 0.3 is 0 Å². The van der Waals surface area contributed by atoms with Crippen molar-refractivity contribution in [2.24, 2.45) is 5.92 Å². The molecule has 0 atom stereocenters. The van der Waals surface area contributed by atoms with E-state index in [2.05, 4.69) is 17.1 Å². The molecule has 0 bridgehead atoms. The minimum atomic E-state index is -0.383. The first-order chi connectivity index (χ1) is 15.9. The fourth-order valence-corrected chi connectivity index (χ4v) is 4.33. The summed E-state index contributed by atoms with van der Waals surface area (Å²) in [5.41, 5.74) is 1.22. The summed E-state index contributed by atoms with van der Waals surface area (Å²) >= 11 is 0. The molecule has 1 amide bonds. The van der Waals surface area contributed by atoms with Crippen molar-refractivity contribution in [2.75, 3.05) is 13.1 Å². The largest absolute Gasteiger partial charge is 0.341 e. The summed E-state index contributed by atoms with van der Waals surface area (Å²) in [6.07, 6.45) is 5.56. The van der Waals surface area contributed by atoms with Crippen LogP contribution in [0.2, 0.25) is 0 Å². The zero-order valence-corrected chi connectivity index (χ0v) is 18.6. The van der Waals surface area contributed by atoms with Crippen molar-refractivity contribution in [1.82, 2.24) is 29.0 Å². The number of hydrogen-bond donors (Lipinski definition) is 0. The number of carbonyl (C=O) groups is 1. The highest BCUT2D eigenvalue weighted by Crippen LogP contribution is 2.25. The van der Waals surface area contributed by atoms with Crippen molar-refractivity contribution >= 4 is 16.8 Å². The highest BCUT2D eigenvalue weighted by molar-refractivity contribution is 5.88. The molecule has 1 fully saturated rings. The molecule has 1 aromatic carbocycles. The van der Waals surface area contributed by atoms with E-state index in [1.54, 1.807) is 28.3 Å². The van der Waals surface area contributed by atoms with Gasteiger partial charge in [0.25, 0.3) is 5.56 Å². The van der Waals surface area contributed by atoms with Gasteiger partial charge in [0.05, 0.1) is 11.4 Å². The molecule has 9 heteroatoms. The first kappa shape index (κ1) is 21.1. The predicted octanol–water partition coefficient (Wildman–Crippen LogP) is 3.08. The molecule has 1 aliphatic heterocycles. The van der Waals surface area contributed by atoms with E-state index in [1.807, 2.05) is 29.4 Å². The lowest BCUT2D eigenvalue weighted by Gasteiger charge is -2.30. The van der Waals surface area contributed by atoms with Gasteiger partial charge in [-0.3, -0.25) is 9.59 Å². The van der Waals surface area contributed by atoms with Crippen LogP contribution in [0.5, 0.6) is 0 Å². The maximum atomic E-state index is 13.6. The van der Waals surface area contributed by atoms with E-state index in [4.69, 9.17) is 0 Å².